The maximum absolute atomic E-state index is 13.5. The summed E-state index contributed by atoms with van der Waals surface area (Å²) in [4.78, 5) is 9.68. The van der Waals surface area contributed by atoms with Gasteiger partial charge in [-0.3, -0.25) is 5.41 Å². The van der Waals surface area contributed by atoms with E-state index in [2.05, 4.69) is 9.97 Å². The van der Waals surface area contributed by atoms with E-state index in [1.807, 2.05) is 0 Å². The van der Waals surface area contributed by atoms with Crippen molar-refractivity contribution in [3.8, 4) is 5.75 Å². The molecule has 0 spiro atoms. The molecular formula is C18H21F2N5O2. The summed E-state index contributed by atoms with van der Waals surface area (Å²) in [6.07, 6.45) is -1.81. The lowest BCUT2D eigenvalue weighted by molar-refractivity contribution is 0.146. The molecule has 1 fully saturated rings. The van der Waals surface area contributed by atoms with Gasteiger partial charge < -0.3 is 20.1 Å². The smallest absolute Gasteiger partial charge is 0.150 e. The summed E-state index contributed by atoms with van der Waals surface area (Å²) in [6, 6.07) is 6.54. The van der Waals surface area contributed by atoms with Crippen LogP contribution < -0.4 is 15.4 Å². The van der Waals surface area contributed by atoms with Crippen LogP contribution in [0.15, 0.2) is 30.6 Å². The number of nitrogen functional groups attached to an aromatic ring is 1. The molecule has 0 radical (unpaired) electrons. The van der Waals surface area contributed by atoms with Crippen molar-refractivity contribution in [3.63, 3.8) is 0 Å². The molecule has 3 N–H and O–H groups in total. The lowest BCUT2D eigenvalue weighted by Crippen LogP contribution is -2.22. The van der Waals surface area contributed by atoms with Gasteiger partial charge in [-0.05, 0) is 18.2 Å². The number of halogens is 2. The van der Waals surface area contributed by atoms with E-state index < -0.39 is 12.3 Å². The van der Waals surface area contributed by atoms with Gasteiger partial charge in [0, 0.05) is 24.4 Å². The topological polar surface area (TPSA) is 97.4 Å². The normalized spacial score (nSPS) is 19.3. The molecule has 0 aliphatic carbocycles. The Labute approximate surface area is 155 Å². The van der Waals surface area contributed by atoms with Gasteiger partial charge in [-0.1, -0.05) is 0 Å². The Balaban J connectivity index is 1.81. The number of hydrogen-bond donors (Lipinski definition) is 2. The van der Waals surface area contributed by atoms with Gasteiger partial charge in [-0.25, -0.2) is 18.7 Å². The zero-order chi connectivity index (χ0) is 19.4. The lowest BCUT2D eigenvalue weighted by Gasteiger charge is -2.17. The van der Waals surface area contributed by atoms with E-state index in [9.17, 15) is 8.78 Å². The van der Waals surface area contributed by atoms with Crippen molar-refractivity contribution in [2.45, 2.75) is 12.3 Å². The van der Waals surface area contributed by atoms with Crippen LogP contribution in [-0.4, -0.2) is 61.4 Å². The number of nitrogens with two attached hydrogens (primary N) is 1. The molecule has 2 heterocycles. The van der Waals surface area contributed by atoms with Crippen LogP contribution in [-0.2, 0) is 4.74 Å². The molecule has 0 unspecified atom stereocenters. The van der Waals surface area contributed by atoms with Crippen molar-refractivity contribution in [1.29, 1.82) is 5.41 Å². The van der Waals surface area contributed by atoms with Gasteiger partial charge in [-0.2, -0.15) is 0 Å². The van der Waals surface area contributed by atoms with Crippen molar-refractivity contribution in [2.24, 2.45) is 0 Å². The Morgan fingerprint density at radius 1 is 1.22 bits per heavy atom. The monoisotopic (exact) mass is 377 g/mol. The zero-order valence-corrected chi connectivity index (χ0v) is 14.9. The number of alkyl halides is 2. The Hall–Kier alpha value is -2.81. The van der Waals surface area contributed by atoms with Crippen LogP contribution in [0.5, 0.6) is 5.75 Å². The van der Waals surface area contributed by atoms with Crippen LogP contribution in [0.25, 0.3) is 0 Å². The van der Waals surface area contributed by atoms with Gasteiger partial charge in [0.25, 0.3) is 0 Å². The predicted molar refractivity (Wildman–Crippen MR) is 98.2 cm³/mol. The molecule has 0 bridgehead atoms. The maximum Gasteiger partial charge on any atom is 0.150 e. The second-order valence-corrected chi connectivity index (χ2v) is 6.16. The second-order valence-electron chi connectivity index (χ2n) is 6.16. The molecule has 1 aliphatic rings. The summed E-state index contributed by atoms with van der Waals surface area (Å²) in [6.45, 7) is 0.661. The molecule has 1 aromatic heterocycles. The van der Waals surface area contributed by atoms with E-state index in [4.69, 9.17) is 20.6 Å². The SMILES string of the molecule is COCCOc1ccc(N)c(C(=N)c2cc(N3C[C@H](F)[C@@H](F)C3)ncn2)c1. The standard InChI is InChI=1S/C18H21F2N5O2/c1-26-4-5-27-11-2-3-15(21)12(6-11)18(22)16-7-17(24-10-23-16)25-8-13(19)14(20)9-25/h2-3,6-7,10,13-14,22H,4-5,8-9,21H2,1H3/t13-,14-/m0/s1. The predicted octanol–water partition coefficient (Wildman–Crippen LogP) is 2.00. The molecule has 2 atom stereocenters. The first-order valence-electron chi connectivity index (χ1n) is 8.45. The highest BCUT2D eigenvalue weighted by molar-refractivity contribution is 6.13. The molecule has 3 rings (SSSR count). The summed E-state index contributed by atoms with van der Waals surface area (Å²) in [7, 11) is 1.58. The summed E-state index contributed by atoms with van der Waals surface area (Å²) in [5.74, 6) is 0.925. The molecule has 0 saturated carbocycles. The van der Waals surface area contributed by atoms with E-state index in [0.29, 0.717) is 41.7 Å². The number of methoxy groups -OCH3 is 1. The van der Waals surface area contributed by atoms with Crippen molar-refractivity contribution >= 4 is 17.2 Å². The fraction of sp³-hybridized carbons (Fsp3) is 0.389. The molecule has 7 nitrogen and oxygen atoms in total. The van der Waals surface area contributed by atoms with Crippen LogP contribution in [0.4, 0.5) is 20.3 Å². The third kappa shape index (κ3) is 4.30. The average Bonchev–Trinajstić information content (AvgIpc) is 3.01. The van der Waals surface area contributed by atoms with Gasteiger partial charge >= 0.3 is 0 Å². The van der Waals surface area contributed by atoms with Crippen molar-refractivity contribution in [1.82, 2.24) is 9.97 Å². The fourth-order valence-corrected chi connectivity index (χ4v) is 2.79. The molecule has 144 valence electrons. The van der Waals surface area contributed by atoms with Gasteiger partial charge in [0.15, 0.2) is 12.3 Å². The Kier molecular flexibility index (Phi) is 5.80. The number of nitrogens with one attached hydrogen (secondary N) is 1. The third-order valence-electron chi connectivity index (χ3n) is 4.27. The number of ether oxygens (including phenoxy) is 2. The average molecular weight is 377 g/mol. The Morgan fingerprint density at radius 2 is 1.96 bits per heavy atom. The minimum Gasteiger partial charge on any atom is -0.491 e. The number of benzene rings is 1. The highest BCUT2D eigenvalue weighted by atomic mass is 19.2. The molecule has 1 aromatic carbocycles. The van der Waals surface area contributed by atoms with Crippen LogP contribution in [0.1, 0.15) is 11.3 Å². The Morgan fingerprint density at radius 3 is 2.67 bits per heavy atom. The minimum atomic E-state index is -1.54. The fourth-order valence-electron chi connectivity index (χ4n) is 2.79. The van der Waals surface area contributed by atoms with Crippen molar-refractivity contribution in [2.75, 3.05) is 44.0 Å². The first kappa shape index (κ1) is 19.0. The summed E-state index contributed by atoms with van der Waals surface area (Å²) < 4.78 is 37.4. The lowest BCUT2D eigenvalue weighted by atomic mass is 10.0. The van der Waals surface area contributed by atoms with E-state index in [1.54, 1.807) is 25.3 Å². The first-order chi connectivity index (χ1) is 13.0. The van der Waals surface area contributed by atoms with Crippen LogP contribution >= 0.6 is 0 Å². The van der Waals surface area contributed by atoms with Crippen LogP contribution in [0, 0.1) is 5.41 Å². The molecule has 2 aromatic rings. The summed E-state index contributed by atoms with van der Waals surface area (Å²) in [5.41, 5.74) is 7.22. The molecule has 27 heavy (non-hydrogen) atoms. The highest BCUT2D eigenvalue weighted by Gasteiger charge is 2.33. The third-order valence-corrected chi connectivity index (χ3v) is 4.27. The molecular weight excluding hydrogens is 356 g/mol. The number of aromatic nitrogens is 2. The maximum atomic E-state index is 13.5. The summed E-state index contributed by atoms with van der Waals surface area (Å²) >= 11 is 0. The number of rotatable bonds is 7. The van der Waals surface area contributed by atoms with E-state index in [1.165, 1.54) is 17.3 Å². The molecule has 9 heteroatoms. The van der Waals surface area contributed by atoms with E-state index in [0.717, 1.165) is 0 Å². The van der Waals surface area contributed by atoms with Gasteiger partial charge in [0.2, 0.25) is 0 Å². The molecule has 1 aliphatic heterocycles. The Bertz CT molecular complexity index is 810. The van der Waals surface area contributed by atoms with Gasteiger partial charge in [-0.15, -0.1) is 0 Å². The van der Waals surface area contributed by atoms with Gasteiger partial charge in [0.1, 0.15) is 24.5 Å². The first-order valence-corrected chi connectivity index (χ1v) is 8.45. The quantitative estimate of drug-likeness (QED) is 0.435. The molecule has 0 amide bonds. The minimum absolute atomic E-state index is 0.0705. The van der Waals surface area contributed by atoms with Gasteiger partial charge in [0.05, 0.1) is 31.1 Å². The number of anilines is 2. The molecule has 1 saturated heterocycles. The number of hydrogen-bond acceptors (Lipinski definition) is 7. The largest absolute Gasteiger partial charge is 0.491 e. The number of nitrogens with zero attached hydrogens (tertiary/aromatic N) is 3. The highest BCUT2D eigenvalue weighted by Crippen LogP contribution is 2.25. The van der Waals surface area contributed by atoms with Crippen LogP contribution in [0.2, 0.25) is 0 Å². The summed E-state index contributed by atoms with van der Waals surface area (Å²) in [5, 5.41) is 8.45. The second kappa shape index (κ2) is 8.26. The van der Waals surface area contributed by atoms with E-state index in [-0.39, 0.29) is 18.8 Å². The van der Waals surface area contributed by atoms with E-state index >= 15 is 0 Å². The van der Waals surface area contributed by atoms with Crippen molar-refractivity contribution in [3.05, 3.63) is 41.9 Å². The van der Waals surface area contributed by atoms with Crippen LogP contribution in [0.3, 0.4) is 0 Å². The van der Waals surface area contributed by atoms with Crippen molar-refractivity contribution < 1.29 is 18.3 Å². The zero-order valence-electron chi connectivity index (χ0n) is 14.9.